The Morgan fingerprint density at radius 2 is 1.88 bits per heavy atom. The predicted molar refractivity (Wildman–Crippen MR) is 131 cm³/mol. The Morgan fingerprint density at radius 1 is 1.03 bits per heavy atom. The van der Waals surface area contributed by atoms with Crippen LogP contribution in [-0.2, 0) is 0 Å². The van der Waals surface area contributed by atoms with E-state index in [2.05, 4.69) is 50.5 Å². The maximum absolute atomic E-state index is 12.3. The van der Waals surface area contributed by atoms with Gasteiger partial charge in [-0.05, 0) is 42.5 Å². The first-order valence-electron chi connectivity index (χ1n) is 11.1. The summed E-state index contributed by atoms with van der Waals surface area (Å²) in [5, 5.41) is 7.03. The lowest BCUT2D eigenvalue weighted by Crippen LogP contribution is -2.19. The van der Waals surface area contributed by atoms with Gasteiger partial charge in [-0.3, -0.25) is 14.8 Å². The number of carbonyl (C=O) groups is 1. The van der Waals surface area contributed by atoms with Crippen molar-refractivity contribution in [2.24, 2.45) is 5.92 Å². The summed E-state index contributed by atoms with van der Waals surface area (Å²) in [5.41, 5.74) is 5.40. The molecule has 0 aliphatic heterocycles. The molecule has 0 bridgehead atoms. The highest BCUT2D eigenvalue weighted by molar-refractivity contribution is 6.06. The second-order valence-electron chi connectivity index (χ2n) is 8.30. The Labute approximate surface area is 193 Å². The van der Waals surface area contributed by atoms with Crippen LogP contribution in [0.2, 0.25) is 0 Å². The van der Waals surface area contributed by atoms with Crippen molar-refractivity contribution in [1.82, 2.24) is 25.3 Å². The smallest absolute Gasteiger partial charge is 0.251 e. The number of para-hydroxylation sites is 1. The molecule has 1 amide bonds. The van der Waals surface area contributed by atoms with Crippen LogP contribution in [0.25, 0.3) is 22.2 Å². The minimum absolute atomic E-state index is 0.106. The first kappa shape index (κ1) is 22.3. The van der Waals surface area contributed by atoms with Gasteiger partial charge in [0.25, 0.3) is 5.91 Å². The molecule has 2 atom stereocenters. The number of fused-ring (bicyclic) bond motifs is 1. The van der Waals surface area contributed by atoms with Crippen molar-refractivity contribution in [3.05, 3.63) is 78.0 Å². The molecule has 1 unspecified atom stereocenters. The van der Waals surface area contributed by atoms with Crippen LogP contribution in [0.1, 0.15) is 41.4 Å². The van der Waals surface area contributed by atoms with Gasteiger partial charge in [-0.1, -0.05) is 32.0 Å². The number of pyridine rings is 2. The van der Waals surface area contributed by atoms with Crippen molar-refractivity contribution >= 4 is 22.6 Å². The Balaban J connectivity index is 1.51. The lowest BCUT2D eigenvalue weighted by Gasteiger charge is -2.22. The number of nitrogens with one attached hydrogen (secondary N) is 2. The molecule has 0 saturated heterocycles. The third-order valence-electron chi connectivity index (χ3n) is 6.10. The van der Waals surface area contributed by atoms with Gasteiger partial charge >= 0.3 is 0 Å². The number of aryl methyl sites for hydroxylation is 1. The van der Waals surface area contributed by atoms with E-state index in [0.717, 1.165) is 45.8 Å². The van der Waals surface area contributed by atoms with Gasteiger partial charge in [-0.2, -0.15) is 0 Å². The molecule has 0 spiro atoms. The van der Waals surface area contributed by atoms with E-state index in [0.29, 0.717) is 11.5 Å². The molecular weight excluding hydrogens is 412 g/mol. The SMILES string of the molecule is CNC(=O)c1ccnc2c(C(C)[C@H](C)CNc3cc(-c4ccc(C)nc4)ncn3)cccc12. The highest BCUT2D eigenvalue weighted by Gasteiger charge is 2.19. The van der Waals surface area contributed by atoms with Gasteiger partial charge in [0.05, 0.1) is 16.8 Å². The number of nitrogens with zero attached hydrogens (tertiary/aromatic N) is 4. The fourth-order valence-electron chi connectivity index (χ4n) is 3.88. The van der Waals surface area contributed by atoms with Gasteiger partial charge in [0.1, 0.15) is 12.1 Å². The Morgan fingerprint density at radius 3 is 2.64 bits per heavy atom. The lowest BCUT2D eigenvalue weighted by molar-refractivity contribution is 0.0964. The summed E-state index contributed by atoms with van der Waals surface area (Å²) in [6.45, 7) is 7.09. The number of hydrogen-bond donors (Lipinski definition) is 2. The zero-order chi connectivity index (χ0) is 23.4. The minimum Gasteiger partial charge on any atom is -0.370 e. The number of anilines is 1. The second kappa shape index (κ2) is 9.73. The minimum atomic E-state index is -0.106. The maximum Gasteiger partial charge on any atom is 0.251 e. The molecule has 168 valence electrons. The zero-order valence-corrected chi connectivity index (χ0v) is 19.3. The van der Waals surface area contributed by atoms with Crippen LogP contribution >= 0.6 is 0 Å². The molecule has 0 radical (unpaired) electrons. The van der Waals surface area contributed by atoms with Crippen molar-refractivity contribution in [2.45, 2.75) is 26.7 Å². The first-order valence-corrected chi connectivity index (χ1v) is 11.1. The fourth-order valence-corrected chi connectivity index (χ4v) is 3.88. The monoisotopic (exact) mass is 440 g/mol. The summed E-state index contributed by atoms with van der Waals surface area (Å²) >= 11 is 0. The van der Waals surface area contributed by atoms with Gasteiger partial charge in [0.2, 0.25) is 0 Å². The van der Waals surface area contributed by atoms with Crippen LogP contribution in [0, 0.1) is 12.8 Å². The summed E-state index contributed by atoms with van der Waals surface area (Å²) in [6, 6.07) is 13.7. The number of aromatic nitrogens is 4. The van der Waals surface area contributed by atoms with E-state index in [1.807, 2.05) is 43.5 Å². The third-order valence-corrected chi connectivity index (χ3v) is 6.10. The molecule has 7 heteroatoms. The van der Waals surface area contributed by atoms with Crippen molar-refractivity contribution in [3.8, 4) is 11.3 Å². The average molecular weight is 441 g/mol. The van der Waals surface area contributed by atoms with Gasteiger partial charge < -0.3 is 10.6 Å². The number of hydrogen-bond acceptors (Lipinski definition) is 6. The summed E-state index contributed by atoms with van der Waals surface area (Å²) < 4.78 is 0. The van der Waals surface area contributed by atoms with Crippen molar-refractivity contribution < 1.29 is 4.79 Å². The highest BCUT2D eigenvalue weighted by Crippen LogP contribution is 2.31. The first-order chi connectivity index (χ1) is 16.0. The summed E-state index contributed by atoms with van der Waals surface area (Å²) in [7, 11) is 1.64. The Hall–Kier alpha value is -3.87. The molecule has 0 fully saturated rings. The van der Waals surface area contributed by atoms with Crippen molar-refractivity contribution in [2.75, 3.05) is 18.9 Å². The molecule has 33 heavy (non-hydrogen) atoms. The Bertz CT molecular complexity index is 1270. The van der Waals surface area contributed by atoms with E-state index in [1.165, 1.54) is 0 Å². The standard InChI is InChI=1S/C26H28N6O/c1-16(13-30-24-12-23(31-15-32-24)19-9-8-17(2)29-14-19)18(3)20-6-5-7-21-22(26(33)27-4)10-11-28-25(20)21/h5-12,14-16,18H,13H2,1-4H3,(H,27,33)(H,30,31,32)/t16-,18?/m1/s1. The molecule has 3 aromatic heterocycles. The van der Waals surface area contributed by atoms with Gasteiger partial charge in [-0.15, -0.1) is 0 Å². The zero-order valence-electron chi connectivity index (χ0n) is 19.3. The quantitative estimate of drug-likeness (QED) is 0.436. The largest absolute Gasteiger partial charge is 0.370 e. The molecule has 4 rings (SSSR count). The number of amides is 1. The predicted octanol–water partition coefficient (Wildman–Crippen LogP) is 4.61. The van der Waals surface area contributed by atoms with E-state index in [9.17, 15) is 4.79 Å². The highest BCUT2D eigenvalue weighted by atomic mass is 16.1. The number of carbonyl (C=O) groups excluding carboxylic acids is 1. The molecule has 0 aliphatic rings. The third kappa shape index (κ3) is 4.82. The molecule has 2 N–H and O–H groups in total. The van der Waals surface area contributed by atoms with E-state index in [-0.39, 0.29) is 11.8 Å². The van der Waals surface area contributed by atoms with Crippen LogP contribution < -0.4 is 10.6 Å². The lowest BCUT2D eigenvalue weighted by atomic mass is 9.87. The molecule has 3 heterocycles. The molecule has 4 aromatic rings. The molecular formula is C26H28N6O. The summed E-state index contributed by atoms with van der Waals surface area (Å²) in [4.78, 5) is 30.0. The van der Waals surface area contributed by atoms with Crippen molar-refractivity contribution in [3.63, 3.8) is 0 Å². The van der Waals surface area contributed by atoms with Gasteiger partial charge in [0, 0.05) is 48.7 Å². The van der Waals surface area contributed by atoms with Gasteiger partial charge in [0.15, 0.2) is 0 Å². The van der Waals surface area contributed by atoms with Crippen LogP contribution in [0.15, 0.2) is 61.2 Å². The topological polar surface area (TPSA) is 92.7 Å². The summed E-state index contributed by atoms with van der Waals surface area (Å²) in [5.74, 6) is 1.18. The van der Waals surface area contributed by atoms with E-state index >= 15 is 0 Å². The van der Waals surface area contributed by atoms with E-state index in [1.54, 1.807) is 25.6 Å². The number of rotatable bonds is 7. The second-order valence-corrected chi connectivity index (χ2v) is 8.30. The number of benzene rings is 1. The molecule has 0 aliphatic carbocycles. The Kier molecular flexibility index (Phi) is 6.58. The maximum atomic E-state index is 12.3. The van der Waals surface area contributed by atoms with Gasteiger partial charge in [-0.25, -0.2) is 9.97 Å². The van der Waals surface area contributed by atoms with E-state index < -0.39 is 0 Å². The normalized spacial score (nSPS) is 12.8. The molecule has 0 saturated carbocycles. The summed E-state index contributed by atoms with van der Waals surface area (Å²) in [6.07, 6.45) is 5.10. The van der Waals surface area contributed by atoms with Crippen LogP contribution in [0.5, 0.6) is 0 Å². The van der Waals surface area contributed by atoms with E-state index in [4.69, 9.17) is 0 Å². The van der Waals surface area contributed by atoms with Crippen molar-refractivity contribution in [1.29, 1.82) is 0 Å². The van der Waals surface area contributed by atoms with Crippen LogP contribution in [0.3, 0.4) is 0 Å². The van der Waals surface area contributed by atoms with Crippen LogP contribution in [0.4, 0.5) is 5.82 Å². The van der Waals surface area contributed by atoms with Crippen LogP contribution in [-0.4, -0.2) is 39.4 Å². The molecule has 7 nitrogen and oxygen atoms in total. The average Bonchev–Trinajstić information content (AvgIpc) is 2.86. The fraction of sp³-hybridized carbons (Fsp3) is 0.269. The molecule has 1 aromatic carbocycles.